The molecular weight excluding hydrogens is 232 g/mol. The molecule has 2 aromatic rings. The summed E-state index contributed by atoms with van der Waals surface area (Å²) in [6.07, 6.45) is 3.04. The van der Waals surface area contributed by atoms with Gasteiger partial charge in [-0.2, -0.15) is 15.5 Å². The molecular formula is C11H12N6O. The standard InChI is InChI=1S/C11H12N6O/c1-7-9(6-16(2)15-7)11(18)14-10-8(4-12)5-13-17(10)3/h5-6H,1-3H3,(H,14,18). The third kappa shape index (κ3) is 1.96. The molecule has 7 nitrogen and oxygen atoms in total. The molecule has 1 N–H and O–H groups in total. The van der Waals surface area contributed by atoms with E-state index >= 15 is 0 Å². The molecule has 0 radical (unpaired) electrons. The Balaban J connectivity index is 2.30. The van der Waals surface area contributed by atoms with Crippen LogP contribution < -0.4 is 5.32 Å². The minimum Gasteiger partial charge on any atom is -0.306 e. The summed E-state index contributed by atoms with van der Waals surface area (Å²) in [6.45, 7) is 1.75. The summed E-state index contributed by atoms with van der Waals surface area (Å²) in [5, 5.41) is 19.6. The number of carbonyl (C=O) groups excluding carboxylic acids is 1. The third-order valence-corrected chi connectivity index (χ3v) is 2.55. The highest BCUT2D eigenvalue weighted by molar-refractivity contribution is 6.05. The van der Waals surface area contributed by atoms with E-state index in [0.717, 1.165) is 0 Å². The molecule has 0 atom stereocenters. The van der Waals surface area contributed by atoms with Gasteiger partial charge >= 0.3 is 0 Å². The number of nitrogens with zero attached hydrogens (tertiary/aromatic N) is 5. The summed E-state index contributed by atoms with van der Waals surface area (Å²) in [5.74, 6) is 0.0754. The van der Waals surface area contributed by atoms with Crippen LogP contribution in [0.3, 0.4) is 0 Å². The molecule has 0 aliphatic heterocycles. The second-order valence-electron chi connectivity index (χ2n) is 3.90. The molecule has 0 saturated heterocycles. The highest BCUT2D eigenvalue weighted by Crippen LogP contribution is 2.15. The van der Waals surface area contributed by atoms with E-state index in [4.69, 9.17) is 5.26 Å². The van der Waals surface area contributed by atoms with E-state index in [2.05, 4.69) is 15.5 Å². The lowest BCUT2D eigenvalue weighted by Crippen LogP contribution is -2.15. The first-order valence-corrected chi connectivity index (χ1v) is 5.26. The second-order valence-corrected chi connectivity index (χ2v) is 3.90. The predicted molar refractivity (Wildman–Crippen MR) is 63.8 cm³/mol. The van der Waals surface area contributed by atoms with Crippen molar-refractivity contribution in [3.63, 3.8) is 0 Å². The van der Waals surface area contributed by atoms with Gasteiger partial charge in [0.05, 0.1) is 17.5 Å². The van der Waals surface area contributed by atoms with E-state index in [-0.39, 0.29) is 5.91 Å². The van der Waals surface area contributed by atoms with Crippen molar-refractivity contribution < 1.29 is 4.79 Å². The van der Waals surface area contributed by atoms with Gasteiger partial charge in [-0.1, -0.05) is 0 Å². The molecule has 0 aliphatic carbocycles. The van der Waals surface area contributed by atoms with E-state index in [0.29, 0.717) is 22.6 Å². The van der Waals surface area contributed by atoms with Gasteiger partial charge in [0.1, 0.15) is 17.5 Å². The molecule has 2 heterocycles. The lowest BCUT2D eigenvalue weighted by molar-refractivity contribution is 0.102. The zero-order valence-corrected chi connectivity index (χ0v) is 10.3. The highest BCUT2D eigenvalue weighted by Gasteiger charge is 2.16. The molecule has 92 valence electrons. The predicted octanol–water partition coefficient (Wildman–Crippen LogP) is 0.586. The fourth-order valence-corrected chi connectivity index (χ4v) is 1.66. The van der Waals surface area contributed by atoms with Crippen LogP contribution in [0.25, 0.3) is 0 Å². The number of nitriles is 1. The van der Waals surface area contributed by atoms with Crippen molar-refractivity contribution in [2.45, 2.75) is 6.92 Å². The average Bonchev–Trinajstić information content (AvgIpc) is 2.83. The number of amides is 1. The van der Waals surface area contributed by atoms with Crippen molar-refractivity contribution in [3.05, 3.63) is 29.2 Å². The normalized spacial score (nSPS) is 10.1. The number of hydrogen-bond acceptors (Lipinski definition) is 4. The van der Waals surface area contributed by atoms with Crippen LogP contribution in [0.5, 0.6) is 0 Å². The fraction of sp³-hybridized carbons (Fsp3) is 0.273. The minimum atomic E-state index is -0.305. The molecule has 0 saturated carbocycles. The number of anilines is 1. The smallest absolute Gasteiger partial charge is 0.260 e. The van der Waals surface area contributed by atoms with Crippen LogP contribution >= 0.6 is 0 Å². The Hall–Kier alpha value is -2.62. The van der Waals surface area contributed by atoms with Crippen LogP contribution in [0, 0.1) is 18.3 Å². The molecule has 0 fully saturated rings. The van der Waals surface area contributed by atoms with Crippen LogP contribution in [-0.4, -0.2) is 25.5 Å². The average molecular weight is 244 g/mol. The summed E-state index contributed by atoms with van der Waals surface area (Å²) >= 11 is 0. The maximum Gasteiger partial charge on any atom is 0.260 e. The van der Waals surface area contributed by atoms with E-state index in [1.165, 1.54) is 10.9 Å². The summed E-state index contributed by atoms with van der Waals surface area (Å²) in [7, 11) is 3.40. The molecule has 0 spiro atoms. The Kier molecular flexibility index (Phi) is 2.85. The van der Waals surface area contributed by atoms with Gasteiger partial charge in [-0.05, 0) is 6.92 Å². The second kappa shape index (κ2) is 4.33. The first-order valence-electron chi connectivity index (χ1n) is 5.26. The van der Waals surface area contributed by atoms with Gasteiger partial charge in [-0.25, -0.2) is 0 Å². The zero-order valence-electron chi connectivity index (χ0n) is 10.3. The van der Waals surface area contributed by atoms with Crippen LogP contribution in [0.4, 0.5) is 5.82 Å². The molecule has 0 aromatic carbocycles. The van der Waals surface area contributed by atoms with E-state index < -0.39 is 0 Å². The quantitative estimate of drug-likeness (QED) is 0.837. The Morgan fingerprint density at radius 2 is 2.22 bits per heavy atom. The molecule has 7 heteroatoms. The lowest BCUT2D eigenvalue weighted by Gasteiger charge is -2.04. The van der Waals surface area contributed by atoms with Crippen LogP contribution in [-0.2, 0) is 14.1 Å². The van der Waals surface area contributed by atoms with Gasteiger partial charge in [-0.15, -0.1) is 0 Å². The highest BCUT2D eigenvalue weighted by atomic mass is 16.1. The van der Waals surface area contributed by atoms with Crippen molar-refractivity contribution in [3.8, 4) is 6.07 Å². The van der Waals surface area contributed by atoms with Gasteiger partial charge in [0, 0.05) is 20.3 Å². The summed E-state index contributed by atoms with van der Waals surface area (Å²) in [6, 6.07) is 1.97. The van der Waals surface area contributed by atoms with Crippen LogP contribution in [0.2, 0.25) is 0 Å². The van der Waals surface area contributed by atoms with Gasteiger partial charge in [0.2, 0.25) is 0 Å². The summed E-state index contributed by atoms with van der Waals surface area (Å²) < 4.78 is 3.01. The van der Waals surface area contributed by atoms with Crippen molar-refractivity contribution in [2.24, 2.45) is 14.1 Å². The Labute approximate surface area is 104 Å². The molecule has 2 aromatic heterocycles. The summed E-state index contributed by atoms with van der Waals surface area (Å²) in [4.78, 5) is 12.1. The maximum absolute atomic E-state index is 12.1. The molecule has 1 amide bonds. The number of aryl methyl sites for hydroxylation is 3. The van der Waals surface area contributed by atoms with Gasteiger partial charge in [0.25, 0.3) is 5.91 Å². The number of carbonyl (C=O) groups is 1. The SMILES string of the molecule is Cc1nn(C)cc1C(=O)Nc1c(C#N)cnn1C. The van der Waals surface area contributed by atoms with E-state index in [1.807, 2.05) is 6.07 Å². The minimum absolute atomic E-state index is 0.305. The van der Waals surface area contributed by atoms with Gasteiger partial charge < -0.3 is 5.32 Å². The first-order chi connectivity index (χ1) is 8.52. The largest absolute Gasteiger partial charge is 0.306 e. The lowest BCUT2D eigenvalue weighted by atomic mass is 10.2. The monoisotopic (exact) mass is 244 g/mol. The first kappa shape index (κ1) is 11.9. The summed E-state index contributed by atoms with van der Waals surface area (Å²) in [5.41, 5.74) is 1.44. The Morgan fingerprint density at radius 3 is 2.78 bits per heavy atom. The zero-order chi connectivity index (χ0) is 13.3. The Bertz CT molecular complexity index is 645. The number of aromatic nitrogens is 4. The van der Waals surface area contributed by atoms with E-state index in [9.17, 15) is 4.79 Å². The van der Waals surface area contributed by atoms with Gasteiger partial charge in [0.15, 0.2) is 0 Å². The third-order valence-electron chi connectivity index (χ3n) is 2.55. The Morgan fingerprint density at radius 1 is 1.50 bits per heavy atom. The molecule has 0 unspecified atom stereocenters. The van der Waals surface area contributed by atoms with Gasteiger partial charge in [-0.3, -0.25) is 14.2 Å². The molecule has 0 bridgehead atoms. The van der Waals surface area contributed by atoms with Crippen molar-refractivity contribution in [2.75, 3.05) is 5.32 Å². The van der Waals surface area contributed by atoms with Crippen LogP contribution in [0.1, 0.15) is 21.6 Å². The molecule has 2 rings (SSSR count). The number of rotatable bonds is 2. The maximum atomic E-state index is 12.1. The molecule has 18 heavy (non-hydrogen) atoms. The van der Waals surface area contributed by atoms with Crippen LogP contribution in [0.15, 0.2) is 12.4 Å². The van der Waals surface area contributed by atoms with E-state index in [1.54, 1.807) is 31.9 Å². The number of nitrogens with one attached hydrogen (secondary N) is 1. The number of hydrogen-bond donors (Lipinski definition) is 1. The fourth-order valence-electron chi connectivity index (χ4n) is 1.66. The van der Waals surface area contributed by atoms with Crippen molar-refractivity contribution in [1.82, 2.24) is 19.6 Å². The van der Waals surface area contributed by atoms with Crippen molar-refractivity contribution in [1.29, 1.82) is 5.26 Å². The van der Waals surface area contributed by atoms with Crippen molar-refractivity contribution >= 4 is 11.7 Å². The molecule has 0 aliphatic rings. The topological polar surface area (TPSA) is 88.5 Å².